The van der Waals surface area contributed by atoms with Gasteiger partial charge in [-0.1, -0.05) is 12.1 Å². The molecule has 0 aliphatic heterocycles. The molecule has 0 heterocycles. The summed E-state index contributed by atoms with van der Waals surface area (Å²) in [5.41, 5.74) is 1.82. The van der Waals surface area contributed by atoms with Crippen LogP contribution < -0.4 is 0 Å². The Morgan fingerprint density at radius 1 is 1.40 bits per heavy atom. The lowest BCUT2D eigenvalue weighted by Crippen LogP contribution is -1.74. The van der Waals surface area contributed by atoms with Gasteiger partial charge < -0.3 is 0 Å². The summed E-state index contributed by atoms with van der Waals surface area (Å²) in [6.45, 7) is 1.95. The van der Waals surface area contributed by atoms with E-state index in [4.69, 9.17) is 0 Å². The molecule has 0 radical (unpaired) electrons. The molecule has 10 heavy (non-hydrogen) atoms. The number of rotatable bonds is 0. The van der Waals surface area contributed by atoms with Gasteiger partial charge in [-0.15, -0.1) is 4.39 Å². The minimum absolute atomic E-state index is 0.725. The molecule has 0 aromatic heterocycles. The van der Waals surface area contributed by atoms with Crippen molar-refractivity contribution in [1.82, 2.24) is 0 Å². The average molecular weight is 134 g/mol. The molecule has 0 aliphatic rings. The highest BCUT2D eigenvalue weighted by molar-refractivity contribution is 5.35. The normalized spacial score (nSPS) is 8.20. The summed E-state index contributed by atoms with van der Waals surface area (Å²) in [6.07, 6.45) is 1.36. The highest BCUT2D eigenvalue weighted by atomic mass is 19.1. The van der Waals surface area contributed by atoms with E-state index in [0.29, 0.717) is 0 Å². The van der Waals surface area contributed by atoms with Gasteiger partial charge in [0.1, 0.15) is 6.17 Å². The fourth-order valence-electron chi connectivity index (χ4n) is 0.777. The molecule has 0 spiro atoms. The van der Waals surface area contributed by atoms with Crippen molar-refractivity contribution in [3.05, 3.63) is 35.4 Å². The molecular formula is C9H7F. The highest BCUT2D eigenvalue weighted by Gasteiger charge is 1.85. The van der Waals surface area contributed by atoms with Crippen LogP contribution in [0.3, 0.4) is 0 Å². The van der Waals surface area contributed by atoms with Crippen molar-refractivity contribution in [3.8, 4) is 12.1 Å². The summed E-state index contributed by atoms with van der Waals surface area (Å²) in [7, 11) is 0. The molecule has 0 atom stereocenters. The van der Waals surface area contributed by atoms with Crippen LogP contribution in [-0.4, -0.2) is 0 Å². The van der Waals surface area contributed by atoms with Crippen molar-refractivity contribution in [2.45, 2.75) is 6.92 Å². The monoisotopic (exact) mass is 134 g/mol. The Morgan fingerprint density at radius 3 is 2.80 bits per heavy atom. The second-order valence-corrected chi connectivity index (χ2v) is 2.09. The summed E-state index contributed by atoms with van der Waals surface area (Å²) < 4.78 is 11.4. The molecule has 0 nitrogen and oxygen atoms in total. The van der Waals surface area contributed by atoms with Gasteiger partial charge in [-0.3, -0.25) is 0 Å². The fourth-order valence-corrected chi connectivity index (χ4v) is 0.777. The van der Waals surface area contributed by atoms with Gasteiger partial charge in [0.05, 0.1) is 0 Å². The maximum Gasteiger partial charge on any atom is 0.111 e. The maximum atomic E-state index is 11.4. The van der Waals surface area contributed by atoms with E-state index in [0.717, 1.165) is 11.1 Å². The Bertz CT molecular complexity index is 278. The van der Waals surface area contributed by atoms with Crippen molar-refractivity contribution < 1.29 is 4.39 Å². The van der Waals surface area contributed by atoms with E-state index >= 15 is 0 Å². The second-order valence-electron chi connectivity index (χ2n) is 2.09. The summed E-state index contributed by atoms with van der Waals surface area (Å²) in [4.78, 5) is 0. The first-order chi connectivity index (χ1) is 4.83. The first-order valence-electron chi connectivity index (χ1n) is 3.01. The second kappa shape index (κ2) is 3.03. The number of benzene rings is 1. The minimum atomic E-state index is 0.725. The third-order valence-corrected chi connectivity index (χ3v) is 1.21. The smallest absolute Gasteiger partial charge is 0.111 e. The zero-order valence-electron chi connectivity index (χ0n) is 5.69. The van der Waals surface area contributed by atoms with Crippen LogP contribution in [0, 0.1) is 19.0 Å². The van der Waals surface area contributed by atoms with Crippen LogP contribution in [-0.2, 0) is 0 Å². The number of hydrogen-bond acceptors (Lipinski definition) is 0. The van der Waals surface area contributed by atoms with Crippen molar-refractivity contribution in [2.75, 3.05) is 0 Å². The Balaban J connectivity index is 3.03. The standard InChI is InChI=1S/C9H7F/c1-8-3-2-4-9(7-8)5-6-10/h2-4,7H,1H3. The van der Waals surface area contributed by atoms with E-state index in [1.807, 2.05) is 25.1 Å². The predicted molar refractivity (Wildman–Crippen MR) is 39.2 cm³/mol. The van der Waals surface area contributed by atoms with E-state index in [-0.39, 0.29) is 0 Å². The molecule has 1 heteroatoms. The summed E-state index contributed by atoms with van der Waals surface area (Å²) >= 11 is 0. The van der Waals surface area contributed by atoms with Gasteiger partial charge in [0, 0.05) is 5.56 Å². The van der Waals surface area contributed by atoms with Crippen LogP contribution >= 0.6 is 0 Å². The molecule has 0 amide bonds. The Labute approximate surface area is 59.7 Å². The predicted octanol–water partition coefficient (Wildman–Crippen LogP) is 2.27. The van der Waals surface area contributed by atoms with Crippen LogP contribution in [0.5, 0.6) is 0 Å². The van der Waals surface area contributed by atoms with Gasteiger partial charge in [-0.25, -0.2) is 0 Å². The van der Waals surface area contributed by atoms with E-state index in [1.54, 1.807) is 6.07 Å². The number of halogens is 1. The zero-order valence-corrected chi connectivity index (χ0v) is 5.69. The van der Waals surface area contributed by atoms with Crippen molar-refractivity contribution in [1.29, 1.82) is 0 Å². The molecule has 0 saturated carbocycles. The number of hydrogen-bond donors (Lipinski definition) is 0. The lowest BCUT2D eigenvalue weighted by Gasteiger charge is -1.90. The van der Waals surface area contributed by atoms with Crippen LogP contribution in [0.4, 0.5) is 4.39 Å². The third kappa shape index (κ3) is 1.60. The van der Waals surface area contributed by atoms with Crippen molar-refractivity contribution in [3.63, 3.8) is 0 Å². The molecule has 0 aliphatic carbocycles. The Morgan fingerprint density at radius 2 is 2.20 bits per heavy atom. The molecule has 0 bridgehead atoms. The van der Waals surface area contributed by atoms with Gasteiger partial charge >= 0.3 is 0 Å². The van der Waals surface area contributed by atoms with E-state index in [2.05, 4.69) is 5.92 Å². The zero-order chi connectivity index (χ0) is 7.40. The first-order valence-corrected chi connectivity index (χ1v) is 3.01. The lowest BCUT2D eigenvalue weighted by atomic mass is 10.1. The Kier molecular flexibility index (Phi) is 2.07. The summed E-state index contributed by atoms with van der Waals surface area (Å²) in [6, 6.07) is 7.42. The van der Waals surface area contributed by atoms with Gasteiger partial charge in [0.15, 0.2) is 0 Å². The molecule has 1 aromatic carbocycles. The van der Waals surface area contributed by atoms with Gasteiger partial charge in [0.2, 0.25) is 0 Å². The molecule has 0 fully saturated rings. The average Bonchev–Trinajstić information content (AvgIpc) is 1.88. The van der Waals surface area contributed by atoms with Crippen LogP contribution in [0.2, 0.25) is 0 Å². The molecular weight excluding hydrogens is 127 g/mol. The van der Waals surface area contributed by atoms with Gasteiger partial charge in [-0.05, 0) is 30.5 Å². The van der Waals surface area contributed by atoms with Crippen molar-refractivity contribution in [2.24, 2.45) is 0 Å². The molecule has 1 aromatic rings. The van der Waals surface area contributed by atoms with E-state index in [9.17, 15) is 4.39 Å². The fraction of sp³-hybridized carbons (Fsp3) is 0.111. The molecule has 1 rings (SSSR count). The molecule has 0 N–H and O–H groups in total. The quantitative estimate of drug-likeness (QED) is 0.477. The van der Waals surface area contributed by atoms with Crippen molar-refractivity contribution >= 4 is 0 Å². The van der Waals surface area contributed by atoms with E-state index < -0.39 is 0 Å². The first kappa shape index (κ1) is 6.82. The number of aryl methyl sites for hydroxylation is 1. The van der Waals surface area contributed by atoms with Crippen LogP contribution in [0.25, 0.3) is 0 Å². The Hall–Kier alpha value is -1.29. The maximum absolute atomic E-state index is 11.4. The minimum Gasteiger partial charge on any atom is -0.144 e. The summed E-state index contributed by atoms with van der Waals surface area (Å²) in [5.74, 6) is 2.33. The molecule has 0 unspecified atom stereocenters. The van der Waals surface area contributed by atoms with Crippen LogP contribution in [0.1, 0.15) is 11.1 Å². The molecule has 0 saturated heterocycles. The topological polar surface area (TPSA) is 0 Å². The molecule has 50 valence electrons. The van der Waals surface area contributed by atoms with Gasteiger partial charge in [-0.2, -0.15) is 0 Å². The highest BCUT2D eigenvalue weighted by Crippen LogP contribution is 2.01. The van der Waals surface area contributed by atoms with E-state index in [1.165, 1.54) is 6.17 Å². The summed E-state index contributed by atoms with van der Waals surface area (Å²) in [5, 5.41) is 0. The largest absolute Gasteiger partial charge is 0.144 e. The third-order valence-electron chi connectivity index (χ3n) is 1.21. The van der Waals surface area contributed by atoms with Crippen LogP contribution in [0.15, 0.2) is 24.3 Å². The lowest BCUT2D eigenvalue weighted by molar-refractivity contribution is 0.774. The van der Waals surface area contributed by atoms with Gasteiger partial charge in [0.25, 0.3) is 0 Å². The SMILES string of the molecule is Cc1cccc(C#CF)c1.